The first-order valence-corrected chi connectivity index (χ1v) is 6.72. The molecule has 100 valence electrons. The summed E-state index contributed by atoms with van der Waals surface area (Å²) in [6.45, 7) is 1.92. The first-order chi connectivity index (χ1) is 9.63. The van der Waals surface area contributed by atoms with E-state index in [1.54, 1.807) is 6.20 Å². The monoisotopic (exact) mass is 286 g/mol. The second-order valence-electron chi connectivity index (χ2n) is 4.23. The molecule has 3 aromatic heterocycles. The molecular weight excluding hydrogens is 276 g/mol. The number of hydrogen-bond acceptors (Lipinski definition) is 5. The number of furan rings is 1. The van der Waals surface area contributed by atoms with Gasteiger partial charge in [-0.05, 0) is 19.1 Å². The molecule has 0 saturated heterocycles. The summed E-state index contributed by atoms with van der Waals surface area (Å²) in [5, 5.41) is 11.5. The van der Waals surface area contributed by atoms with Gasteiger partial charge in [0.2, 0.25) is 0 Å². The third kappa shape index (κ3) is 2.33. The molecule has 0 atom stereocenters. The SMILES string of the molecule is Cc1ccc(-c2nc(-c3cc(C(=O)O)co3)cs2)cn1. The number of hydrogen-bond donors (Lipinski definition) is 1. The molecule has 1 N–H and O–H groups in total. The molecule has 0 spiro atoms. The van der Waals surface area contributed by atoms with Gasteiger partial charge in [0.05, 0.1) is 5.56 Å². The third-order valence-electron chi connectivity index (χ3n) is 2.76. The Morgan fingerprint density at radius 2 is 2.25 bits per heavy atom. The van der Waals surface area contributed by atoms with Crippen LogP contribution in [0.5, 0.6) is 0 Å². The standard InChI is InChI=1S/C14H10N2O3S/c1-8-2-3-9(5-15-8)13-16-11(7-20-13)12-4-10(6-19-12)14(17)18/h2-7H,1H3,(H,17,18). The van der Waals surface area contributed by atoms with Gasteiger partial charge in [0.25, 0.3) is 0 Å². The van der Waals surface area contributed by atoms with Gasteiger partial charge >= 0.3 is 5.97 Å². The number of aryl methyl sites for hydroxylation is 1. The van der Waals surface area contributed by atoms with Gasteiger partial charge < -0.3 is 9.52 Å². The van der Waals surface area contributed by atoms with Crippen LogP contribution in [0.25, 0.3) is 22.0 Å². The van der Waals surface area contributed by atoms with Gasteiger partial charge in [0.1, 0.15) is 17.0 Å². The Balaban J connectivity index is 1.93. The summed E-state index contributed by atoms with van der Waals surface area (Å²) in [6.07, 6.45) is 2.98. The molecule has 3 rings (SSSR count). The molecule has 0 bridgehead atoms. The molecule has 0 fully saturated rings. The summed E-state index contributed by atoms with van der Waals surface area (Å²) < 4.78 is 5.23. The summed E-state index contributed by atoms with van der Waals surface area (Å²) in [4.78, 5) is 19.5. The highest BCUT2D eigenvalue weighted by Gasteiger charge is 2.13. The van der Waals surface area contributed by atoms with E-state index in [2.05, 4.69) is 9.97 Å². The van der Waals surface area contributed by atoms with Crippen LogP contribution in [0.1, 0.15) is 16.1 Å². The molecular formula is C14H10N2O3S. The number of carboxylic acids is 1. The first kappa shape index (κ1) is 12.6. The highest BCUT2D eigenvalue weighted by molar-refractivity contribution is 7.13. The van der Waals surface area contributed by atoms with Crippen LogP contribution in [-0.2, 0) is 0 Å². The fourth-order valence-electron chi connectivity index (χ4n) is 1.70. The molecule has 3 heterocycles. The molecule has 20 heavy (non-hydrogen) atoms. The minimum atomic E-state index is -1.02. The summed E-state index contributed by atoms with van der Waals surface area (Å²) in [5.74, 6) is -0.567. The van der Waals surface area contributed by atoms with Crippen LogP contribution in [0, 0.1) is 6.92 Å². The maximum Gasteiger partial charge on any atom is 0.338 e. The lowest BCUT2D eigenvalue weighted by Crippen LogP contribution is -1.91. The van der Waals surface area contributed by atoms with Gasteiger partial charge in [0.15, 0.2) is 5.76 Å². The molecule has 0 aromatic carbocycles. The lowest BCUT2D eigenvalue weighted by molar-refractivity contribution is 0.0696. The Morgan fingerprint density at radius 3 is 2.90 bits per heavy atom. The number of carboxylic acid groups (broad SMARTS) is 1. The zero-order valence-corrected chi connectivity index (χ0v) is 11.3. The van der Waals surface area contributed by atoms with E-state index in [1.165, 1.54) is 23.7 Å². The number of carbonyl (C=O) groups is 1. The van der Waals surface area contributed by atoms with Crippen molar-refractivity contribution in [2.75, 3.05) is 0 Å². The van der Waals surface area contributed by atoms with Crippen LogP contribution in [0.2, 0.25) is 0 Å². The maximum absolute atomic E-state index is 10.8. The lowest BCUT2D eigenvalue weighted by Gasteiger charge is -1.95. The first-order valence-electron chi connectivity index (χ1n) is 5.84. The molecule has 0 aliphatic carbocycles. The molecule has 0 aliphatic heterocycles. The Hall–Kier alpha value is -2.47. The lowest BCUT2D eigenvalue weighted by atomic mass is 10.2. The number of rotatable bonds is 3. The molecule has 5 nitrogen and oxygen atoms in total. The minimum absolute atomic E-state index is 0.117. The Morgan fingerprint density at radius 1 is 1.40 bits per heavy atom. The number of nitrogens with zero attached hydrogens (tertiary/aromatic N) is 2. The highest BCUT2D eigenvalue weighted by atomic mass is 32.1. The van der Waals surface area contributed by atoms with Crippen molar-refractivity contribution >= 4 is 17.3 Å². The van der Waals surface area contributed by atoms with Gasteiger partial charge in [-0.3, -0.25) is 4.98 Å². The van der Waals surface area contributed by atoms with E-state index in [0.717, 1.165) is 16.3 Å². The smallest absolute Gasteiger partial charge is 0.338 e. The van der Waals surface area contributed by atoms with E-state index in [4.69, 9.17) is 9.52 Å². The summed E-state index contributed by atoms with van der Waals surface area (Å²) in [7, 11) is 0. The van der Waals surface area contributed by atoms with E-state index >= 15 is 0 Å². The van der Waals surface area contributed by atoms with E-state index in [1.807, 2.05) is 24.4 Å². The predicted molar refractivity (Wildman–Crippen MR) is 74.7 cm³/mol. The highest BCUT2D eigenvalue weighted by Crippen LogP contribution is 2.29. The van der Waals surface area contributed by atoms with Crippen molar-refractivity contribution in [2.45, 2.75) is 6.92 Å². The van der Waals surface area contributed by atoms with Gasteiger partial charge in [-0.25, -0.2) is 9.78 Å². The minimum Gasteiger partial charge on any atom is -0.478 e. The molecule has 0 saturated carbocycles. The number of pyridine rings is 1. The van der Waals surface area contributed by atoms with E-state index in [0.29, 0.717) is 11.5 Å². The molecule has 0 amide bonds. The molecule has 3 aromatic rings. The van der Waals surface area contributed by atoms with Gasteiger partial charge in [-0.1, -0.05) is 0 Å². The van der Waals surface area contributed by atoms with Crippen LogP contribution >= 0.6 is 11.3 Å². The van der Waals surface area contributed by atoms with Crippen molar-refractivity contribution in [2.24, 2.45) is 0 Å². The quantitative estimate of drug-likeness (QED) is 0.797. The van der Waals surface area contributed by atoms with E-state index < -0.39 is 5.97 Å². The van der Waals surface area contributed by atoms with Crippen LogP contribution in [-0.4, -0.2) is 21.0 Å². The van der Waals surface area contributed by atoms with Crippen LogP contribution in [0.15, 0.2) is 40.5 Å². The van der Waals surface area contributed by atoms with E-state index in [9.17, 15) is 4.79 Å². The second kappa shape index (κ2) is 4.90. The Bertz CT molecular complexity index is 759. The van der Waals surface area contributed by atoms with Gasteiger partial charge in [-0.2, -0.15) is 0 Å². The number of aromatic nitrogens is 2. The van der Waals surface area contributed by atoms with Crippen LogP contribution in [0.4, 0.5) is 0 Å². The van der Waals surface area contributed by atoms with Crippen molar-refractivity contribution in [3.05, 3.63) is 47.3 Å². The number of thiazole rings is 1. The fraction of sp³-hybridized carbons (Fsp3) is 0.0714. The van der Waals surface area contributed by atoms with E-state index in [-0.39, 0.29) is 5.56 Å². The van der Waals surface area contributed by atoms with Crippen molar-refractivity contribution in [1.29, 1.82) is 0 Å². The van der Waals surface area contributed by atoms with Gasteiger partial charge in [0, 0.05) is 28.9 Å². The second-order valence-corrected chi connectivity index (χ2v) is 5.09. The Labute approximate surface area is 118 Å². The van der Waals surface area contributed by atoms with Gasteiger partial charge in [-0.15, -0.1) is 11.3 Å². The topological polar surface area (TPSA) is 76.2 Å². The zero-order chi connectivity index (χ0) is 14.1. The average Bonchev–Trinajstić information content (AvgIpc) is 3.08. The molecule has 0 radical (unpaired) electrons. The summed E-state index contributed by atoms with van der Waals surface area (Å²) in [5.41, 5.74) is 2.61. The van der Waals surface area contributed by atoms with Crippen LogP contribution < -0.4 is 0 Å². The molecule has 0 aliphatic rings. The van der Waals surface area contributed by atoms with Crippen molar-refractivity contribution in [3.8, 4) is 22.0 Å². The largest absolute Gasteiger partial charge is 0.478 e. The zero-order valence-electron chi connectivity index (χ0n) is 10.5. The normalized spacial score (nSPS) is 10.7. The Kier molecular flexibility index (Phi) is 3.08. The fourth-order valence-corrected chi connectivity index (χ4v) is 2.50. The summed E-state index contributed by atoms with van der Waals surface area (Å²) in [6, 6.07) is 5.34. The maximum atomic E-state index is 10.8. The van der Waals surface area contributed by atoms with Crippen molar-refractivity contribution < 1.29 is 14.3 Å². The molecule has 6 heteroatoms. The average molecular weight is 286 g/mol. The van der Waals surface area contributed by atoms with Crippen LogP contribution in [0.3, 0.4) is 0 Å². The molecule has 0 unspecified atom stereocenters. The predicted octanol–water partition coefficient (Wildman–Crippen LogP) is 3.47. The van der Waals surface area contributed by atoms with Crippen molar-refractivity contribution in [3.63, 3.8) is 0 Å². The third-order valence-corrected chi connectivity index (χ3v) is 3.65. The van der Waals surface area contributed by atoms with Crippen molar-refractivity contribution in [1.82, 2.24) is 9.97 Å². The number of aromatic carboxylic acids is 1. The summed E-state index contributed by atoms with van der Waals surface area (Å²) >= 11 is 1.46.